The van der Waals surface area contributed by atoms with E-state index in [4.69, 9.17) is 0 Å². The summed E-state index contributed by atoms with van der Waals surface area (Å²) in [6.07, 6.45) is 1.29. The lowest BCUT2D eigenvalue weighted by Crippen LogP contribution is -2.54. The van der Waals surface area contributed by atoms with E-state index in [2.05, 4.69) is 5.32 Å². The molecule has 1 saturated heterocycles. The molecule has 0 aromatic rings. The van der Waals surface area contributed by atoms with Crippen molar-refractivity contribution in [1.29, 1.82) is 0 Å². The van der Waals surface area contributed by atoms with Crippen LogP contribution in [0.3, 0.4) is 0 Å². The van der Waals surface area contributed by atoms with Crippen LogP contribution in [0.15, 0.2) is 0 Å². The first-order valence-corrected chi connectivity index (χ1v) is 4.36. The molecule has 0 aromatic heterocycles. The summed E-state index contributed by atoms with van der Waals surface area (Å²) in [6, 6.07) is 0. The molecule has 0 aromatic carbocycles. The fourth-order valence-corrected chi connectivity index (χ4v) is 2.26. The van der Waals surface area contributed by atoms with Gasteiger partial charge in [-0.3, -0.25) is 0 Å². The van der Waals surface area contributed by atoms with Crippen molar-refractivity contribution in [2.45, 2.75) is 25.0 Å². The number of hydrogen-bond acceptors (Lipinski definition) is 3. The monoisotopic (exact) mass is 157 g/mol. The highest BCUT2D eigenvalue weighted by Gasteiger charge is 2.39. The van der Waals surface area contributed by atoms with Crippen molar-refractivity contribution in [3.63, 3.8) is 0 Å². The molecule has 3 heteroatoms. The number of rotatable bonds is 0. The van der Waals surface area contributed by atoms with Crippen LogP contribution in [0.5, 0.6) is 0 Å². The second-order valence-electron chi connectivity index (χ2n) is 3.72. The van der Waals surface area contributed by atoms with Gasteiger partial charge in [0.15, 0.2) is 0 Å². The standard InChI is InChI=1S/C8H15NO2/c10-7-2-1-5-3-9-4-6(7)8(5)11/h5-11H,1-4H2. The summed E-state index contributed by atoms with van der Waals surface area (Å²) in [5.41, 5.74) is 0. The molecule has 0 spiro atoms. The number of fused-ring (bicyclic) bond motifs is 2. The quantitative estimate of drug-likeness (QED) is 0.437. The van der Waals surface area contributed by atoms with Crippen molar-refractivity contribution in [3.05, 3.63) is 0 Å². The van der Waals surface area contributed by atoms with E-state index in [1.165, 1.54) is 0 Å². The Morgan fingerprint density at radius 3 is 2.64 bits per heavy atom. The highest BCUT2D eigenvalue weighted by molar-refractivity contribution is 4.92. The Labute approximate surface area is 66.4 Å². The zero-order chi connectivity index (χ0) is 7.84. The molecule has 11 heavy (non-hydrogen) atoms. The van der Waals surface area contributed by atoms with Gasteiger partial charge in [-0.25, -0.2) is 0 Å². The van der Waals surface area contributed by atoms with Crippen LogP contribution in [-0.2, 0) is 0 Å². The van der Waals surface area contributed by atoms with Crippen LogP contribution in [0.1, 0.15) is 12.8 Å². The lowest BCUT2D eigenvalue weighted by Gasteiger charge is -2.42. The van der Waals surface area contributed by atoms with Crippen LogP contribution >= 0.6 is 0 Å². The molecule has 1 aliphatic carbocycles. The van der Waals surface area contributed by atoms with Gasteiger partial charge in [-0.1, -0.05) is 0 Å². The minimum Gasteiger partial charge on any atom is -0.393 e. The van der Waals surface area contributed by atoms with E-state index in [0.717, 1.165) is 25.9 Å². The van der Waals surface area contributed by atoms with Crippen LogP contribution in [0.4, 0.5) is 0 Å². The molecule has 0 radical (unpaired) electrons. The fourth-order valence-electron chi connectivity index (χ4n) is 2.26. The highest BCUT2D eigenvalue weighted by atomic mass is 16.3. The summed E-state index contributed by atoms with van der Waals surface area (Å²) in [7, 11) is 0. The van der Waals surface area contributed by atoms with Crippen molar-refractivity contribution >= 4 is 0 Å². The summed E-state index contributed by atoms with van der Waals surface area (Å²) in [5.74, 6) is 0.472. The maximum Gasteiger partial charge on any atom is 0.0645 e. The van der Waals surface area contributed by atoms with Gasteiger partial charge in [0.05, 0.1) is 12.2 Å². The average molecular weight is 157 g/mol. The molecule has 2 fully saturated rings. The van der Waals surface area contributed by atoms with Crippen molar-refractivity contribution in [2.24, 2.45) is 11.8 Å². The molecular formula is C8H15NO2. The van der Waals surface area contributed by atoms with Crippen molar-refractivity contribution in [3.8, 4) is 0 Å². The molecule has 64 valence electrons. The first-order chi connectivity index (χ1) is 5.29. The van der Waals surface area contributed by atoms with Gasteiger partial charge in [-0.2, -0.15) is 0 Å². The lowest BCUT2D eigenvalue weighted by atomic mass is 9.74. The molecule has 2 aliphatic rings. The molecule has 0 amide bonds. The molecule has 4 unspecified atom stereocenters. The Morgan fingerprint density at radius 1 is 1.09 bits per heavy atom. The molecule has 1 saturated carbocycles. The van der Waals surface area contributed by atoms with Gasteiger partial charge < -0.3 is 15.5 Å². The smallest absolute Gasteiger partial charge is 0.0645 e. The molecule has 2 bridgehead atoms. The summed E-state index contributed by atoms with van der Waals surface area (Å²) < 4.78 is 0. The maximum atomic E-state index is 9.66. The molecule has 4 atom stereocenters. The van der Waals surface area contributed by atoms with E-state index < -0.39 is 0 Å². The molecule has 3 N–H and O–H groups in total. The summed E-state index contributed by atoms with van der Waals surface area (Å²) in [6.45, 7) is 1.70. The Morgan fingerprint density at radius 2 is 1.91 bits per heavy atom. The van der Waals surface area contributed by atoms with Gasteiger partial charge in [-0.15, -0.1) is 0 Å². The van der Waals surface area contributed by atoms with Gasteiger partial charge in [-0.05, 0) is 18.8 Å². The van der Waals surface area contributed by atoms with Gasteiger partial charge in [0.2, 0.25) is 0 Å². The van der Waals surface area contributed by atoms with Crippen LogP contribution in [0, 0.1) is 11.8 Å². The number of aliphatic hydroxyl groups excluding tert-OH is 2. The summed E-state index contributed by atoms with van der Waals surface area (Å²) >= 11 is 0. The van der Waals surface area contributed by atoms with Crippen LogP contribution in [0.2, 0.25) is 0 Å². The number of nitrogens with one attached hydrogen (secondary N) is 1. The topological polar surface area (TPSA) is 52.5 Å². The second kappa shape index (κ2) is 2.73. The Hall–Kier alpha value is -0.120. The Bertz CT molecular complexity index is 151. The third-order valence-electron chi connectivity index (χ3n) is 3.04. The van der Waals surface area contributed by atoms with Gasteiger partial charge in [0.25, 0.3) is 0 Å². The zero-order valence-corrected chi connectivity index (χ0v) is 6.53. The zero-order valence-electron chi connectivity index (χ0n) is 6.53. The predicted molar refractivity (Wildman–Crippen MR) is 41.1 cm³/mol. The second-order valence-corrected chi connectivity index (χ2v) is 3.72. The van der Waals surface area contributed by atoms with Gasteiger partial charge >= 0.3 is 0 Å². The van der Waals surface area contributed by atoms with E-state index in [0.29, 0.717) is 5.92 Å². The number of aliphatic hydroxyl groups is 2. The van der Waals surface area contributed by atoms with Crippen molar-refractivity contribution in [2.75, 3.05) is 13.1 Å². The summed E-state index contributed by atoms with van der Waals surface area (Å²) in [4.78, 5) is 0. The largest absolute Gasteiger partial charge is 0.393 e. The Kier molecular flexibility index (Phi) is 1.87. The van der Waals surface area contributed by atoms with Crippen LogP contribution in [-0.4, -0.2) is 35.5 Å². The summed E-state index contributed by atoms with van der Waals surface area (Å²) in [5, 5.41) is 22.4. The first kappa shape index (κ1) is 7.53. The van der Waals surface area contributed by atoms with Crippen molar-refractivity contribution < 1.29 is 10.2 Å². The molecule has 2 rings (SSSR count). The molecule has 1 aliphatic heterocycles. The van der Waals surface area contributed by atoms with Crippen molar-refractivity contribution in [1.82, 2.24) is 5.32 Å². The van der Waals surface area contributed by atoms with E-state index in [-0.39, 0.29) is 18.1 Å². The Balaban J connectivity index is 2.09. The molecular weight excluding hydrogens is 142 g/mol. The molecule has 3 nitrogen and oxygen atoms in total. The van der Waals surface area contributed by atoms with Gasteiger partial charge in [0, 0.05) is 19.0 Å². The van der Waals surface area contributed by atoms with Gasteiger partial charge in [0.1, 0.15) is 0 Å². The van der Waals surface area contributed by atoms with E-state index in [1.807, 2.05) is 0 Å². The predicted octanol–water partition coefficient (Wildman–Crippen LogP) is -0.662. The minimum atomic E-state index is -0.283. The SMILES string of the molecule is OC1CCC2CNCC1C2O. The van der Waals surface area contributed by atoms with E-state index in [9.17, 15) is 10.2 Å². The fraction of sp³-hybridized carbons (Fsp3) is 1.00. The van der Waals surface area contributed by atoms with Crippen LogP contribution in [0.25, 0.3) is 0 Å². The van der Waals surface area contributed by atoms with E-state index in [1.54, 1.807) is 0 Å². The number of hydrogen-bond donors (Lipinski definition) is 3. The molecule has 1 heterocycles. The van der Waals surface area contributed by atoms with Crippen LogP contribution < -0.4 is 5.32 Å². The first-order valence-electron chi connectivity index (χ1n) is 4.36. The highest BCUT2D eigenvalue weighted by Crippen LogP contribution is 2.31. The third kappa shape index (κ3) is 1.17. The maximum absolute atomic E-state index is 9.66. The van der Waals surface area contributed by atoms with E-state index >= 15 is 0 Å². The minimum absolute atomic E-state index is 0.0856. The number of piperidine rings is 1. The normalized spacial score (nSPS) is 50.7. The lowest BCUT2D eigenvalue weighted by molar-refractivity contribution is -0.0722. The average Bonchev–Trinajstić information content (AvgIpc) is 1.98. The third-order valence-corrected chi connectivity index (χ3v) is 3.04.